The van der Waals surface area contributed by atoms with E-state index in [4.69, 9.17) is 0 Å². The molecule has 0 atom stereocenters. The summed E-state index contributed by atoms with van der Waals surface area (Å²) in [5.74, 6) is 0. The minimum absolute atomic E-state index is 1.03. The maximum Gasteiger partial charge on any atom is 0.173 e. The lowest BCUT2D eigenvalue weighted by Gasteiger charge is -2.01. The highest BCUT2D eigenvalue weighted by Gasteiger charge is 2.07. The molecule has 0 spiro atoms. The number of nitrogens with zero attached hydrogens (tertiary/aromatic N) is 2. The highest BCUT2D eigenvalue weighted by Crippen LogP contribution is 2.28. The van der Waals surface area contributed by atoms with Crippen molar-refractivity contribution in [1.29, 1.82) is 0 Å². The molecule has 0 saturated heterocycles. The van der Waals surface area contributed by atoms with Gasteiger partial charge in [0.1, 0.15) is 0 Å². The standard InChI is InChI=1S/C14H12N2S/c1-16-13-10-6-5-9-12(13)15-14(16)17-11-7-3-2-4-8-11/h2-10H,1H3. The fourth-order valence-corrected chi connectivity index (χ4v) is 2.69. The third-order valence-electron chi connectivity index (χ3n) is 2.70. The molecule has 17 heavy (non-hydrogen) atoms. The molecule has 0 N–H and O–H groups in total. The minimum atomic E-state index is 1.03. The summed E-state index contributed by atoms with van der Waals surface area (Å²) >= 11 is 1.69. The second-order valence-electron chi connectivity index (χ2n) is 3.86. The van der Waals surface area contributed by atoms with Crippen LogP contribution in [0.25, 0.3) is 11.0 Å². The van der Waals surface area contributed by atoms with Gasteiger partial charge in [0.05, 0.1) is 11.0 Å². The summed E-state index contributed by atoms with van der Waals surface area (Å²) in [7, 11) is 2.06. The SMILES string of the molecule is Cn1c(Sc2ccccc2)nc2ccccc21. The Balaban J connectivity index is 2.04. The lowest BCUT2D eigenvalue weighted by molar-refractivity contribution is 0.815. The van der Waals surface area contributed by atoms with E-state index in [9.17, 15) is 0 Å². The van der Waals surface area contributed by atoms with E-state index in [-0.39, 0.29) is 0 Å². The number of rotatable bonds is 2. The molecule has 3 heteroatoms. The van der Waals surface area contributed by atoms with Gasteiger partial charge >= 0.3 is 0 Å². The number of aryl methyl sites for hydroxylation is 1. The lowest BCUT2D eigenvalue weighted by atomic mass is 10.3. The summed E-state index contributed by atoms with van der Waals surface area (Å²) in [6, 6.07) is 18.5. The number of aromatic nitrogens is 2. The van der Waals surface area contributed by atoms with Gasteiger partial charge in [-0.05, 0) is 24.3 Å². The van der Waals surface area contributed by atoms with E-state index < -0.39 is 0 Å². The third kappa shape index (κ3) is 1.94. The molecule has 3 rings (SSSR count). The number of hydrogen-bond acceptors (Lipinski definition) is 2. The zero-order chi connectivity index (χ0) is 11.7. The zero-order valence-electron chi connectivity index (χ0n) is 9.50. The second kappa shape index (κ2) is 4.26. The summed E-state index contributed by atoms with van der Waals surface area (Å²) in [5.41, 5.74) is 2.22. The molecule has 1 aromatic heterocycles. The van der Waals surface area contributed by atoms with Gasteiger partial charge in [-0.2, -0.15) is 0 Å². The molecular formula is C14H12N2S. The average Bonchev–Trinajstić information content (AvgIpc) is 2.68. The van der Waals surface area contributed by atoms with Crippen LogP contribution in [0.2, 0.25) is 0 Å². The van der Waals surface area contributed by atoms with Crippen LogP contribution in [0.1, 0.15) is 0 Å². The van der Waals surface area contributed by atoms with Gasteiger partial charge in [0.15, 0.2) is 5.16 Å². The van der Waals surface area contributed by atoms with E-state index in [0.29, 0.717) is 0 Å². The maximum absolute atomic E-state index is 4.63. The maximum atomic E-state index is 4.63. The number of hydrogen-bond donors (Lipinski definition) is 0. The van der Waals surface area contributed by atoms with Crippen LogP contribution in [-0.2, 0) is 7.05 Å². The molecule has 0 amide bonds. The van der Waals surface area contributed by atoms with Crippen molar-refractivity contribution in [3.8, 4) is 0 Å². The Hall–Kier alpha value is -1.74. The molecule has 1 heterocycles. The van der Waals surface area contributed by atoms with Crippen molar-refractivity contribution < 1.29 is 0 Å². The molecule has 84 valence electrons. The van der Waals surface area contributed by atoms with Gasteiger partial charge in [0.25, 0.3) is 0 Å². The van der Waals surface area contributed by atoms with Gasteiger partial charge in [0.2, 0.25) is 0 Å². The van der Waals surface area contributed by atoms with Crippen molar-refractivity contribution in [3.63, 3.8) is 0 Å². The van der Waals surface area contributed by atoms with Gasteiger partial charge < -0.3 is 4.57 Å². The molecule has 0 aliphatic rings. The molecule has 0 radical (unpaired) electrons. The molecule has 0 fully saturated rings. The number of benzene rings is 2. The quantitative estimate of drug-likeness (QED) is 0.679. The Morgan fingerprint density at radius 3 is 2.41 bits per heavy atom. The molecule has 2 nitrogen and oxygen atoms in total. The van der Waals surface area contributed by atoms with Gasteiger partial charge in [-0.25, -0.2) is 4.98 Å². The molecule has 0 aliphatic heterocycles. The van der Waals surface area contributed by atoms with Gasteiger partial charge in [-0.1, -0.05) is 42.1 Å². The summed E-state index contributed by atoms with van der Waals surface area (Å²) in [5, 5.41) is 1.03. The van der Waals surface area contributed by atoms with Gasteiger partial charge in [-0.3, -0.25) is 0 Å². The first-order valence-corrected chi connectivity index (χ1v) is 6.30. The Morgan fingerprint density at radius 2 is 1.65 bits per heavy atom. The highest BCUT2D eigenvalue weighted by molar-refractivity contribution is 7.99. The Morgan fingerprint density at radius 1 is 0.941 bits per heavy atom. The van der Waals surface area contributed by atoms with Crippen LogP contribution in [0.4, 0.5) is 0 Å². The first kappa shape index (κ1) is 10.4. The normalized spacial score (nSPS) is 10.9. The first-order chi connectivity index (χ1) is 8.34. The average molecular weight is 240 g/mol. The fraction of sp³-hybridized carbons (Fsp3) is 0.0714. The predicted octanol–water partition coefficient (Wildman–Crippen LogP) is 3.72. The molecule has 2 aromatic carbocycles. The van der Waals surface area contributed by atoms with Gasteiger partial charge in [0, 0.05) is 11.9 Å². The van der Waals surface area contributed by atoms with Crippen molar-refractivity contribution in [2.24, 2.45) is 7.05 Å². The van der Waals surface area contributed by atoms with Crippen LogP contribution in [0.5, 0.6) is 0 Å². The molecule has 0 bridgehead atoms. The molecule has 0 unspecified atom stereocenters. The Kier molecular flexibility index (Phi) is 2.61. The van der Waals surface area contributed by atoms with Crippen LogP contribution in [0.3, 0.4) is 0 Å². The fourth-order valence-electron chi connectivity index (χ4n) is 1.81. The van der Waals surface area contributed by atoms with Crippen LogP contribution in [0, 0.1) is 0 Å². The minimum Gasteiger partial charge on any atom is -0.322 e. The summed E-state index contributed by atoms with van der Waals surface area (Å²) in [6.45, 7) is 0. The van der Waals surface area contributed by atoms with E-state index in [1.54, 1.807) is 11.8 Å². The monoisotopic (exact) mass is 240 g/mol. The number of para-hydroxylation sites is 2. The Bertz CT molecular complexity index is 644. The van der Waals surface area contributed by atoms with Crippen molar-refractivity contribution in [2.45, 2.75) is 10.1 Å². The topological polar surface area (TPSA) is 17.8 Å². The largest absolute Gasteiger partial charge is 0.322 e. The van der Waals surface area contributed by atoms with Crippen LogP contribution in [-0.4, -0.2) is 9.55 Å². The van der Waals surface area contributed by atoms with Crippen LogP contribution < -0.4 is 0 Å². The number of fused-ring (bicyclic) bond motifs is 1. The van der Waals surface area contributed by atoms with Crippen molar-refractivity contribution in [3.05, 3.63) is 54.6 Å². The summed E-state index contributed by atoms with van der Waals surface area (Å²) in [4.78, 5) is 5.85. The van der Waals surface area contributed by atoms with Crippen molar-refractivity contribution in [2.75, 3.05) is 0 Å². The Labute approximate surface area is 104 Å². The third-order valence-corrected chi connectivity index (χ3v) is 3.75. The number of imidazole rings is 1. The van der Waals surface area contributed by atoms with Crippen LogP contribution in [0.15, 0.2) is 64.6 Å². The van der Waals surface area contributed by atoms with Crippen molar-refractivity contribution in [1.82, 2.24) is 9.55 Å². The highest BCUT2D eigenvalue weighted by atomic mass is 32.2. The zero-order valence-corrected chi connectivity index (χ0v) is 10.3. The predicted molar refractivity (Wildman–Crippen MR) is 71.3 cm³/mol. The van der Waals surface area contributed by atoms with E-state index >= 15 is 0 Å². The molecule has 0 saturated carbocycles. The first-order valence-electron chi connectivity index (χ1n) is 5.49. The molecule has 0 aliphatic carbocycles. The summed E-state index contributed by atoms with van der Waals surface area (Å²) < 4.78 is 2.13. The molecular weight excluding hydrogens is 228 g/mol. The van der Waals surface area contributed by atoms with Crippen LogP contribution >= 0.6 is 11.8 Å². The van der Waals surface area contributed by atoms with E-state index in [1.165, 1.54) is 10.4 Å². The van der Waals surface area contributed by atoms with E-state index in [1.807, 2.05) is 36.4 Å². The second-order valence-corrected chi connectivity index (χ2v) is 4.90. The molecule has 3 aromatic rings. The van der Waals surface area contributed by atoms with E-state index in [2.05, 4.69) is 34.8 Å². The summed E-state index contributed by atoms with van der Waals surface area (Å²) in [6.07, 6.45) is 0. The van der Waals surface area contributed by atoms with Gasteiger partial charge in [-0.15, -0.1) is 0 Å². The smallest absolute Gasteiger partial charge is 0.173 e. The van der Waals surface area contributed by atoms with E-state index in [0.717, 1.165) is 10.7 Å². The van der Waals surface area contributed by atoms with Crippen molar-refractivity contribution >= 4 is 22.8 Å². The lowest BCUT2D eigenvalue weighted by Crippen LogP contribution is -1.89.